The minimum Gasteiger partial charge on any atom is -0.296 e. The van der Waals surface area contributed by atoms with Crippen molar-refractivity contribution in [3.63, 3.8) is 0 Å². The van der Waals surface area contributed by atoms with Gasteiger partial charge in [0.2, 0.25) is 0 Å². The molecule has 1 aliphatic rings. The van der Waals surface area contributed by atoms with Crippen LogP contribution in [0.1, 0.15) is 12.0 Å². The fourth-order valence-electron chi connectivity index (χ4n) is 1.58. The molecule has 0 saturated heterocycles. The summed E-state index contributed by atoms with van der Waals surface area (Å²) in [6.45, 7) is 0. The molecule has 0 aromatic heterocycles. The minimum atomic E-state index is -1.73. The lowest BCUT2D eigenvalue weighted by molar-refractivity contribution is 0.242. The van der Waals surface area contributed by atoms with Gasteiger partial charge in [0.15, 0.2) is 5.79 Å². The molecule has 2 rings (SSSR count). The second-order valence-electron chi connectivity index (χ2n) is 3.81. The molecule has 84 valence electrons. The molecule has 1 aromatic rings. The van der Waals surface area contributed by atoms with Crippen LogP contribution in [0.25, 0.3) is 5.57 Å². The molecule has 0 bridgehead atoms. The Balaban J connectivity index is 2.20. The molecule has 0 amide bonds. The number of rotatable bonds is 2. The van der Waals surface area contributed by atoms with Crippen molar-refractivity contribution in [1.29, 1.82) is 0 Å². The summed E-state index contributed by atoms with van der Waals surface area (Å²) in [7, 11) is 0. The topological polar surface area (TPSA) is 58.3 Å². The zero-order valence-electron chi connectivity index (χ0n) is 8.65. The van der Waals surface area contributed by atoms with Gasteiger partial charge < -0.3 is 0 Å². The number of nitrogens with two attached hydrogens (primary N) is 1. The van der Waals surface area contributed by atoms with Gasteiger partial charge in [-0.1, -0.05) is 24.3 Å². The Bertz CT molecular complexity index is 435. The molecule has 0 saturated carbocycles. The molecular formula is C12H13FN2O. The van der Waals surface area contributed by atoms with E-state index in [4.69, 9.17) is 10.9 Å². The number of anilines is 1. The Morgan fingerprint density at radius 2 is 2.00 bits per heavy atom. The number of hydrogen-bond acceptors (Lipinski definition) is 3. The van der Waals surface area contributed by atoms with E-state index >= 15 is 0 Å². The van der Waals surface area contributed by atoms with Gasteiger partial charge in [-0.05, 0) is 29.3 Å². The van der Waals surface area contributed by atoms with Gasteiger partial charge in [-0.25, -0.2) is 4.39 Å². The van der Waals surface area contributed by atoms with E-state index in [0.717, 1.165) is 11.1 Å². The van der Waals surface area contributed by atoms with Gasteiger partial charge in [0.05, 0.1) is 5.69 Å². The highest BCUT2D eigenvalue weighted by Crippen LogP contribution is 2.26. The van der Waals surface area contributed by atoms with Crippen molar-refractivity contribution in [3.8, 4) is 0 Å². The maximum atomic E-state index is 13.3. The van der Waals surface area contributed by atoms with Crippen molar-refractivity contribution in [2.75, 3.05) is 5.48 Å². The Morgan fingerprint density at radius 3 is 2.50 bits per heavy atom. The number of hydrogen-bond donors (Lipinski definition) is 3. The van der Waals surface area contributed by atoms with Crippen LogP contribution in [-0.2, 0) is 0 Å². The zero-order valence-corrected chi connectivity index (χ0v) is 8.65. The normalized spacial score (nSPS) is 24.1. The van der Waals surface area contributed by atoms with Gasteiger partial charge in [0, 0.05) is 6.42 Å². The van der Waals surface area contributed by atoms with Crippen LogP contribution >= 0.6 is 0 Å². The third-order valence-corrected chi connectivity index (χ3v) is 2.52. The lowest BCUT2D eigenvalue weighted by Crippen LogP contribution is -2.32. The van der Waals surface area contributed by atoms with Gasteiger partial charge in [0.25, 0.3) is 0 Å². The quantitative estimate of drug-likeness (QED) is 0.530. The molecule has 0 aliphatic heterocycles. The van der Waals surface area contributed by atoms with E-state index in [1.165, 1.54) is 6.08 Å². The molecule has 16 heavy (non-hydrogen) atoms. The molecular weight excluding hydrogens is 207 g/mol. The summed E-state index contributed by atoms with van der Waals surface area (Å²) in [5, 5.41) is 8.66. The van der Waals surface area contributed by atoms with Crippen LogP contribution in [0.5, 0.6) is 0 Å². The molecule has 0 fully saturated rings. The number of halogens is 1. The van der Waals surface area contributed by atoms with E-state index in [0.29, 0.717) is 5.69 Å². The third-order valence-electron chi connectivity index (χ3n) is 2.52. The molecule has 0 radical (unpaired) electrons. The van der Waals surface area contributed by atoms with Gasteiger partial charge in [-0.3, -0.25) is 16.4 Å². The second kappa shape index (κ2) is 4.08. The SMILES string of the molecule is NC1(F)C=CC(c2ccc(NO)cc2)=CC1. The fraction of sp³-hybridized carbons (Fsp3) is 0.167. The first-order chi connectivity index (χ1) is 7.61. The monoisotopic (exact) mass is 220 g/mol. The number of nitrogens with one attached hydrogen (secondary N) is 1. The summed E-state index contributed by atoms with van der Waals surface area (Å²) in [6, 6.07) is 7.17. The summed E-state index contributed by atoms with van der Waals surface area (Å²) < 4.78 is 13.3. The van der Waals surface area contributed by atoms with Crippen LogP contribution in [0.15, 0.2) is 42.5 Å². The van der Waals surface area contributed by atoms with Gasteiger partial charge in [-0.2, -0.15) is 0 Å². The van der Waals surface area contributed by atoms with E-state index in [-0.39, 0.29) is 6.42 Å². The van der Waals surface area contributed by atoms with E-state index in [2.05, 4.69) is 5.48 Å². The zero-order chi connectivity index (χ0) is 11.6. The molecule has 3 nitrogen and oxygen atoms in total. The number of allylic oxidation sites excluding steroid dienone is 2. The average molecular weight is 220 g/mol. The summed E-state index contributed by atoms with van der Waals surface area (Å²) >= 11 is 0. The summed E-state index contributed by atoms with van der Waals surface area (Å²) in [5.74, 6) is -1.73. The first-order valence-electron chi connectivity index (χ1n) is 4.98. The highest BCUT2D eigenvalue weighted by Gasteiger charge is 2.21. The highest BCUT2D eigenvalue weighted by molar-refractivity contribution is 5.76. The van der Waals surface area contributed by atoms with E-state index in [1.807, 2.05) is 12.1 Å². The van der Waals surface area contributed by atoms with Crippen LogP contribution in [0.2, 0.25) is 0 Å². The Labute approximate surface area is 93.0 Å². The predicted molar refractivity (Wildman–Crippen MR) is 61.6 cm³/mol. The predicted octanol–water partition coefficient (Wildman–Crippen LogP) is 2.46. The summed E-state index contributed by atoms with van der Waals surface area (Å²) in [4.78, 5) is 0. The minimum absolute atomic E-state index is 0.179. The largest absolute Gasteiger partial charge is 0.296 e. The van der Waals surface area contributed by atoms with Crippen molar-refractivity contribution < 1.29 is 9.60 Å². The lowest BCUT2D eigenvalue weighted by Gasteiger charge is -2.18. The smallest absolute Gasteiger partial charge is 0.181 e. The van der Waals surface area contributed by atoms with E-state index < -0.39 is 5.79 Å². The van der Waals surface area contributed by atoms with Crippen LogP contribution < -0.4 is 11.2 Å². The Hall–Kier alpha value is -1.65. The van der Waals surface area contributed by atoms with Crippen molar-refractivity contribution in [3.05, 3.63) is 48.1 Å². The maximum Gasteiger partial charge on any atom is 0.181 e. The number of alkyl halides is 1. The van der Waals surface area contributed by atoms with E-state index in [1.54, 1.807) is 24.3 Å². The lowest BCUT2D eigenvalue weighted by atomic mass is 9.96. The third kappa shape index (κ3) is 2.29. The number of benzene rings is 1. The van der Waals surface area contributed by atoms with Crippen LogP contribution in [0.4, 0.5) is 10.1 Å². The molecule has 1 aliphatic carbocycles. The molecule has 1 atom stereocenters. The van der Waals surface area contributed by atoms with E-state index in [9.17, 15) is 4.39 Å². The van der Waals surface area contributed by atoms with Crippen LogP contribution in [0.3, 0.4) is 0 Å². The first-order valence-corrected chi connectivity index (χ1v) is 4.98. The molecule has 1 unspecified atom stereocenters. The molecule has 4 N–H and O–H groups in total. The Morgan fingerprint density at radius 1 is 1.31 bits per heavy atom. The summed E-state index contributed by atoms with van der Waals surface area (Å²) in [6.07, 6.45) is 4.98. The van der Waals surface area contributed by atoms with Crippen LogP contribution in [-0.4, -0.2) is 11.0 Å². The standard InChI is InChI=1S/C12H13FN2O/c13-12(14)7-5-10(6-8-12)9-1-3-11(15-16)4-2-9/h1-7,15-16H,8,14H2. The Kier molecular flexibility index (Phi) is 2.77. The van der Waals surface area contributed by atoms with Crippen molar-refractivity contribution in [2.24, 2.45) is 5.73 Å². The molecule has 0 heterocycles. The van der Waals surface area contributed by atoms with Crippen molar-refractivity contribution in [2.45, 2.75) is 12.2 Å². The van der Waals surface area contributed by atoms with Crippen molar-refractivity contribution in [1.82, 2.24) is 0 Å². The van der Waals surface area contributed by atoms with Gasteiger partial charge in [0.1, 0.15) is 0 Å². The fourth-order valence-corrected chi connectivity index (χ4v) is 1.58. The molecule has 4 heteroatoms. The first kappa shape index (κ1) is 10.9. The molecule has 0 spiro atoms. The molecule has 1 aromatic carbocycles. The summed E-state index contributed by atoms with van der Waals surface area (Å²) in [5.41, 5.74) is 9.89. The second-order valence-corrected chi connectivity index (χ2v) is 3.81. The highest BCUT2D eigenvalue weighted by atomic mass is 19.1. The van der Waals surface area contributed by atoms with Gasteiger partial charge in [-0.15, -0.1) is 0 Å². The maximum absolute atomic E-state index is 13.3. The van der Waals surface area contributed by atoms with Crippen molar-refractivity contribution >= 4 is 11.3 Å². The van der Waals surface area contributed by atoms with Gasteiger partial charge >= 0.3 is 0 Å². The van der Waals surface area contributed by atoms with Crippen LogP contribution in [0, 0.1) is 0 Å². The average Bonchev–Trinajstić information content (AvgIpc) is 2.29.